The van der Waals surface area contributed by atoms with E-state index >= 15 is 0 Å². The Balaban J connectivity index is 2.92. The number of aryl methyl sites for hydroxylation is 2. The Kier molecular flexibility index (Phi) is 6.07. The van der Waals surface area contributed by atoms with Gasteiger partial charge in [0.1, 0.15) is 11.1 Å². The molecule has 0 radical (unpaired) electrons. The molecule has 0 bridgehead atoms. The fourth-order valence-corrected chi connectivity index (χ4v) is 2.50. The van der Waals surface area contributed by atoms with E-state index in [9.17, 15) is 8.42 Å². The van der Waals surface area contributed by atoms with Crippen LogP contribution >= 0.6 is 0 Å². The molecule has 1 rings (SSSR count). The van der Waals surface area contributed by atoms with Gasteiger partial charge < -0.3 is 5.32 Å². The molecule has 0 saturated heterocycles. The van der Waals surface area contributed by atoms with Gasteiger partial charge in [-0.3, -0.25) is 0 Å². The van der Waals surface area contributed by atoms with Gasteiger partial charge in [-0.25, -0.2) is 18.4 Å². The van der Waals surface area contributed by atoms with Gasteiger partial charge in [-0.15, -0.1) is 0 Å². The Morgan fingerprint density at radius 2 is 1.70 bits per heavy atom. The van der Waals surface area contributed by atoms with Gasteiger partial charge in [0.2, 0.25) is 0 Å². The summed E-state index contributed by atoms with van der Waals surface area (Å²) in [5.41, 5.74) is 2.86. The number of aromatic nitrogens is 2. The van der Waals surface area contributed by atoms with Crippen molar-refractivity contribution in [3.63, 3.8) is 0 Å². The number of hydrogen-bond donors (Lipinski definition) is 1. The predicted molar refractivity (Wildman–Crippen MR) is 81.6 cm³/mol. The van der Waals surface area contributed by atoms with E-state index in [0.717, 1.165) is 42.9 Å². The molecule has 0 spiro atoms. The Bertz CT molecular complexity index is 533. The second-order valence-electron chi connectivity index (χ2n) is 5.20. The van der Waals surface area contributed by atoms with Crippen LogP contribution in [0.15, 0.2) is 0 Å². The SMILES string of the molecule is CCCNCCc1c(C)nc(C(C)S(C)(=O)=O)nc1C. The summed E-state index contributed by atoms with van der Waals surface area (Å²) in [5, 5.41) is 2.69. The molecule has 1 heterocycles. The first kappa shape index (κ1) is 17.0. The van der Waals surface area contributed by atoms with Crippen molar-refractivity contribution in [2.75, 3.05) is 19.3 Å². The molecule has 1 N–H and O–H groups in total. The highest BCUT2D eigenvalue weighted by Gasteiger charge is 2.21. The number of hydrogen-bond acceptors (Lipinski definition) is 5. The standard InChI is InChI=1S/C14H25N3O2S/c1-6-8-15-9-7-13-10(2)16-14(17-11(13)3)12(4)20(5,18)19/h12,15H,6-9H2,1-5H3. The van der Waals surface area contributed by atoms with E-state index in [2.05, 4.69) is 22.2 Å². The van der Waals surface area contributed by atoms with E-state index < -0.39 is 15.1 Å². The molecule has 0 saturated carbocycles. The molecule has 20 heavy (non-hydrogen) atoms. The van der Waals surface area contributed by atoms with Crippen LogP contribution in [0, 0.1) is 13.8 Å². The summed E-state index contributed by atoms with van der Waals surface area (Å²) in [7, 11) is -3.16. The molecule has 114 valence electrons. The second-order valence-corrected chi connectivity index (χ2v) is 7.57. The first-order valence-electron chi connectivity index (χ1n) is 7.01. The normalized spacial score (nSPS) is 13.4. The summed E-state index contributed by atoms with van der Waals surface area (Å²) in [6, 6.07) is 0. The van der Waals surface area contributed by atoms with E-state index in [1.807, 2.05) is 13.8 Å². The molecule has 1 atom stereocenters. The zero-order valence-electron chi connectivity index (χ0n) is 13.0. The quantitative estimate of drug-likeness (QED) is 0.777. The Morgan fingerprint density at radius 1 is 1.15 bits per heavy atom. The highest BCUT2D eigenvalue weighted by atomic mass is 32.2. The average Bonchev–Trinajstić information content (AvgIpc) is 2.34. The summed E-state index contributed by atoms with van der Waals surface area (Å²) < 4.78 is 23.2. The molecular formula is C14H25N3O2S. The van der Waals surface area contributed by atoms with Gasteiger partial charge in [0, 0.05) is 17.6 Å². The van der Waals surface area contributed by atoms with Crippen LogP contribution in [0.3, 0.4) is 0 Å². The summed E-state index contributed by atoms with van der Waals surface area (Å²) in [6.45, 7) is 9.49. The molecule has 0 fully saturated rings. The summed E-state index contributed by atoms with van der Waals surface area (Å²) in [4.78, 5) is 8.76. The lowest BCUT2D eigenvalue weighted by Crippen LogP contribution is -2.20. The Labute approximate surface area is 122 Å². The van der Waals surface area contributed by atoms with Crippen LogP contribution in [0.5, 0.6) is 0 Å². The van der Waals surface area contributed by atoms with Crippen molar-refractivity contribution < 1.29 is 8.42 Å². The first-order valence-corrected chi connectivity index (χ1v) is 8.96. The van der Waals surface area contributed by atoms with Crippen LogP contribution < -0.4 is 5.32 Å². The van der Waals surface area contributed by atoms with Gasteiger partial charge in [0.25, 0.3) is 0 Å². The molecule has 0 aliphatic rings. The van der Waals surface area contributed by atoms with Crippen LogP contribution in [0.4, 0.5) is 0 Å². The van der Waals surface area contributed by atoms with Gasteiger partial charge in [-0.2, -0.15) is 0 Å². The van der Waals surface area contributed by atoms with Gasteiger partial charge in [0.05, 0.1) is 0 Å². The lowest BCUT2D eigenvalue weighted by atomic mass is 10.1. The molecule has 6 heteroatoms. The van der Waals surface area contributed by atoms with Gasteiger partial charge in [-0.05, 0) is 52.3 Å². The average molecular weight is 299 g/mol. The number of rotatable bonds is 7. The monoisotopic (exact) mass is 299 g/mol. The van der Waals surface area contributed by atoms with Gasteiger partial charge >= 0.3 is 0 Å². The van der Waals surface area contributed by atoms with Crippen molar-refractivity contribution in [1.29, 1.82) is 0 Å². The molecule has 1 aromatic heterocycles. The minimum atomic E-state index is -3.16. The third kappa shape index (κ3) is 4.52. The largest absolute Gasteiger partial charge is 0.316 e. The molecule has 0 aliphatic carbocycles. The highest BCUT2D eigenvalue weighted by Crippen LogP contribution is 2.20. The zero-order chi connectivity index (χ0) is 15.3. The van der Waals surface area contributed by atoms with Crippen molar-refractivity contribution in [2.24, 2.45) is 0 Å². The molecule has 0 aromatic carbocycles. The van der Waals surface area contributed by atoms with E-state index in [1.165, 1.54) is 6.26 Å². The third-order valence-electron chi connectivity index (χ3n) is 3.42. The minimum absolute atomic E-state index is 0.396. The maximum absolute atomic E-state index is 11.6. The van der Waals surface area contributed by atoms with Crippen molar-refractivity contribution in [3.8, 4) is 0 Å². The minimum Gasteiger partial charge on any atom is -0.316 e. The van der Waals surface area contributed by atoms with Crippen molar-refractivity contribution in [1.82, 2.24) is 15.3 Å². The van der Waals surface area contributed by atoms with E-state index in [-0.39, 0.29) is 0 Å². The molecule has 1 unspecified atom stereocenters. The second kappa shape index (κ2) is 7.13. The number of nitrogens with one attached hydrogen (secondary N) is 1. The van der Waals surface area contributed by atoms with Crippen LogP contribution in [0.1, 0.15) is 48.3 Å². The lowest BCUT2D eigenvalue weighted by Gasteiger charge is -2.14. The van der Waals surface area contributed by atoms with E-state index in [4.69, 9.17) is 0 Å². The van der Waals surface area contributed by atoms with Crippen LogP contribution in [-0.4, -0.2) is 37.7 Å². The maximum Gasteiger partial charge on any atom is 0.157 e. The maximum atomic E-state index is 11.6. The number of nitrogens with zero attached hydrogens (tertiary/aromatic N) is 2. The Morgan fingerprint density at radius 3 is 2.15 bits per heavy atom. The van der Waals surface area contributed by atoms with Gasteiger partial charge in [-0.1, -0.05) is 6.92 Å². The predicted octanol–water partition coefficient (Wildman–Crippen LogP) is 1.74. The van der Waals surface area contributed by atoms with Crippen molar-refractivity contribution >= 4 is 9.84 Å². The summed E-state index contributed by atoms with van der Waals surface area (Å²) in [5.74, 6) is 0.396. The highest BCUT2D eigenvalue weighted by molar-refractivity contribution is 7.90. The van der Waals surface area contributed by atoms with E-state index in [0.29, 0.717) is 5.82 Å². The van der Waals surface area contributed by atoms with Crippen molar-refractivity contribution in [3.05, 3.63) is 22.8 Å². The lowest BCUT2D eigenvalue weighted by molar-refractivity contribution is 0.588. The topological polar surface area (TPSA) is 72.0 Å². The Hall–Kier alpha value is -1.01. The van der Waals surface area contributed by atoms with Crippen LogP contribution in [0.25, 0.3) is 0 Å². The third-order valence-corrected chi connectivity index (χ3v) is 4.92. The van der Waals surface area contributed by atoms with Crippen LogP contribution in [0.2, 0.25) is 0 Å². The zero-order valence-corrected chi connectivity index (χ0v) is 13.8. The van der Waals surface area contributed by atoms with Gasteiger partial charge in [0.15, 0.2) is 9.84 Å². The molecular weight excluding hydrogens is 274 g/mol. The molecule has 0 aliphatic heterocycles. The number of sulfone groups is 1. The summed E-state index contributed by atoms with van der Waals surface area (Å²) >= 11 is 0. The fourth-order valence-electron chi connectivity index (χ4n) is 2.02. The smallest absolute Gasteiger partial charge is 0.157 e. The molecule has 5 nitrogen and oxygen atoms in total. The van der Waals surface area contributed by atoms with E-state index in [1.54, 1.807) is 6.92 Å². The fraction of sp³-hybridized carbons (Fsp3) is 0.714. The molecule has 1 aromatic rings. The first-order chi connectivity index (χ1) is 9.27. The summed E-state index contributed by atoms with van der Waals surface area (Å²) in [6.07, 6.45) is 3.19. The van der Waals surface area contributed by atoms with Crippen molar-refractivity contribution in [2.45, 2.75) is 45.8 Å². The molecule has 0 amide bonds. The van der Waals surface area contributed by atoms with Crippen LogP contribution in [-0.2, 0) is 16.3 Å².